The summed E-state index contributed by atoms with van der Waals surface area (Å²) in [5.41, 5.74) is 0.448. The largest absolute Gasteiger partial charge is 0.368 e. The van der Waals surface area contributed by atoms with Crippen LogP contribution in [-0.2, 0) is 9.53 Å². The number of hydrogen-bond acceptors (Lipinski definition) is 5. The molecule has 2 saturated heterocycles. The second-order valence-electron chi connectivity index (χ2n) is 5.81. The molecule has 7 heteroatoms. The Kier molecular flexibility index (Phi) is 4.99. The number of nitrogens with zero attached hydrogens (tertiary/aromatic N) is 4. The molecule has 0 saturated carbocycles. The highest BCUT2D eigenvalue weighted by atomic mass is 35.5. The molecule has 1 amide bonds. The lowest BCUT2D eigenvalue weighted by Crippen LogP contribution is -2.41. The Labute approximate surface area is 140 Å². The van der Waals surface area contributed by atoms with Crippen molar-refractivity contribution in [2.45, 2.75) is 25.4 Å². The van der Waals surface area contributed by atoms with E-state index in [1.165, 1.54) is 6.20 Å². The normalized spacial score (nSPS) is 21.8. The molecule has 1 aromatic rings. The van der Waals surface area contributed by atoms with Crippen LogP contribution >= 0.6 is 11.6 Å². The van der Waals surface area contributed by atoms with Gasteiger partial charge in [-0.05, 0) is 25.3 Å². The highest BCUT2D eigenvalue weighted by Gasteiger charge is 2.29. The molecular formula is C16H19ClN4O2. The van der Waals surface area contributed by atoms with Crippen molar-refractivity contribution in [1.29, 1.82) is 5.26 Å². The predicted molar refractivity (Wildman–Crippen MR) is 86.3 cm³/mol. The van der Waals surface area contributed by atoms with Crippen molar-refractivity contribution in [2.24, 2.45) is 0 Å². The van der Waals surface area contributed by atoms with E-state index in [4.69, 9.17) is 21.6 Å². The summed E-state index contributed by atoms with van der Waals surface area (Å²) in [6.45, 7) is 3.51. The fourth-order valence-corrected chi connectivity index (χ4v) is 3.34. The lowest BCUT2D eigenvalue weighted by Gasteiger charge is -2.25. The number of hydrogen-bond donors (Lipinski definition) is 0. The van der Waals surface area contributed by atoms with Gasteiger partial charge in [0.15, 0.2) is 0 Å². The van der Waals surface area contributed by atoms with Crippen LogP contribution < -0.4 is 4.90 Å². The van der Waals surface area contributed by atoms with E-state index in [0.717, 1.165) is 32.4 Å². The number of aromatic nitrogens is 1. The number of anilines is 1. The fraction of sp³-hybridized carbons (Fsp3) is 0.562. The molecule has 1 atom stereocenters. The summed E-state index contributed by atoms with van der Waals surface area (Å²) in [4.78, 5) is 20.7. The maximum absolute atomic E-state index is 12.5. The zero-order valence-electron chi connectivity index (χ0n) is 12.9. The summed E-state index contributed by atoms with van der Waals surface area (Å²) in [6.07, 6.45) is 3.90. The van der Waals surface area contributed by atoms with Crippen LogP contribution in [0.5, 0.6) is 0 Å². The van der Waals surface area contributed by atoms with Gasteiger partial charge < -0.3 is 14.5 Å². The van der Waals surface area contributed by atoms with Crippen LogP contribution in [0.4, 0.5) is 5.82 Å². The Hall–Kier alpha value is -1.84. The summed E-state index contributed by atoms with van der Waals surface area (Å²) in [6, 6.07) is 3.66. The lowest BCUT2D eigenvalue weighted by atomic mass is 10.2. The smallest absolute Gasteiger partial charge is 0.251 e. The quantitative estimate of drug-likeness (QED) is 0.825. The molecule has 0 aromatic carbocycles. The van der Waals surface area contributed by atoms with Gasteiger partial charge >= 0.3 is 0 Å². The van der Waals surface area contributed by atoms with E-state index in [0.29, 0.717) is 36.1 Å². The number of carbonyl (C=O) groups excluding carboxylic acids is 1. The minimum atomic E-state index is -0.266. The van der Waals surface area contributed by atoms with Crippen LogP contribution in [0.2, 0.25) is 5.02 Å². The standard InChI is InChI=1S/C16H19ClN4O2/c17-13-9-12(10-18)11-19-15(13)20-4-2-5-21(7-6-20)16(22)14-3-1-8-23-14/h9,11,14H,1-8H2. The summed E-state index contributed by atoms with van der Waals surface area (Å²) in [7, 11) is 0. The molecule has 3 heterocycles. The molecule has 2 fully saturated rings. The molecule has 1 aromatic heterocycles. The second kappa shape index (κ2) is 7.16. The Morgan fingerprint density at radius 3 is 2.91 bits per heavy atom. The average molecular weight is 335 g/mol. The van der Waals surface area contributed by atoms with E-state index in [1.54, 1.807) is 6.07 Å². The average Bonchev–Trinajstić information content (AvgIpc) is 2.99. The molecule has 3 rings (SSSR count). The highest BCUT2D eigenvalue weighted by Crippen LogP contribution is 2.25. The summed E-state index contributed by atoms with van der Waals surface area (Å²) in [5.74, 6) is 0.778. The van der Waals surface area contributed by atoms with Gasteiger partial charge in [-0.3, -0.25) is 4.79 Å². The number of halogens is 1. The van der Waals surface area contributed by atoms with Crippen molar-refractivity contribution < 1.29 is 9.53 Å². The summed E-state index contributed by atoms with van der Waals surface area (Å²) >= 11 is 6.24. The van der Waals surface area contributed by atoms with E-state index in [-0.39, 0.29) is 12.0 Å². The van der Waals surface area contributed by atoms with Crippen molar-refractivity contribution in [3.8, 4) is 6.07 Å². The third-order valence-electron chi connectivity index (χ3n) is 4.26. The molecule has 0 bridgehead atoms. The van der Waals surface area contributed by atoms with Gasteiger partial charge in [-0.2, -0.15) is 5.26 Å². The first-order chi connectivity index (χ1) is 11.2. The van der Waals surface area contributed by atoms with E-state index < -0.39 is 0 Å². The van der Waals surface area contributed by atoms with Crippen molar-refractivity contribution in [3.63, 3.8) is 0 Å². The lowest BCUT2D eigenvalue weighted by molar-refractivity contribution is -0.140. The van der Waals surface area contributed by atoms with Gasteiger partial charge in [-0.25, -0.2) is 4.98 Å². The number of pyridine rings is 1. The number of nitriles is 1. The molecule has 23 heavy (non-hydrogen) atoms. The molecule has 2 aliphatic rings. The van der Waals surface area contributed by atoms with E-state index in [9.17, 15) is 4.79 Å². The van der Waals surface area contributed by atoms with Crippen molar-refractivity contribution in [2.75, 3.05) is 37.7 Å². The highest BCUT2D eigenvalue weighted by molar-refractivity contribution is 6.33. The predicted octanol–water partition coefficient (Wildman–Crippen LogP) is 1.82. The van der Waals surface area contributed by atoms with Crippen molar-refractivity contribution in [3.05, 3.63) is 22.8 Å². The first-order valence-electron chi connectivity index (χ1n) is 7.90. The van der Waals surface area contributed by atoms with Crippen molar-refractivity contribution >= 4 is 23.3 Å². The number of ether oxygens (including phenoxy) is 1. The van der Waals surface area contributed by atoms with Gasteiger partial charge in [-0.15, -0.1) is 0 Å². The van der Waals surface area contributed by atoms with E-state index in [1.807, 2.05) is 11.0 Å². The molecule has 122 valence electrons. The van der Waals surface area contributed by atoms with Gasteiger partial charge in [0.2, 0.25) is 0 Å². The molecule has 0 N–H and O–H groups in total. The maximum atomic E-state index is 12.5. The first-order valence-corrected chi connectivity index (χ1v) is 8.28. The third kappa shape index (κ3) is 3.57. The van der Waals surface area contributed by atoms with Gasteiger partial charge in [-0.1, -0.05) is 11.6 Å². The van der Waals surface area contributed by atoms with E-state index in [2.05, 4.69) is 9.88 Å². The summed E-state index contributed by atoms with van der Waals surface area (Å²) in [5, 5.41) is 9.36. The van der Waals surface area contributed by atoms with Gasteiger partial charge in [0.1, 0.15) is 18.0 Å². The number of carbonyl (C=O) groups is 1. The van der Waals surface area contributed by atoms with E-state index >= 15 is 0 Å². The Morgan fingerprint density at radius 2 is 2.22 bits per heavy atom. The number of rotatable bonds is 2. The second-order valence-corrected chi connectivity index (χ2v) is 6.22. The molecule has 0 aliphatic carbocycles. The topological polar surface area (TPSA) is 69.5 Å². The molecule has 6 nitrogen and oxygen atoms in total. The van der Waals surface area contributed by atoms with Crippen LogP contribution in [0.25, 0.3) is 0 Å². The first kappa shape index (κ1) is 16.0. The Morgan fingerprint density at radius 1 is 1.35 bits per heavy atom. The Balaban J connectivity index is 1.66. The van der Waals surface area contributed by atoms with Gasteiger partial charge in [0.25, 0.3) is 5.91 Å². The molecule has 2 aliphatic heterocycles. The minimum Gasteiger partial charge on any atom is -0.368 e. The monoisotopic (exact) mass is 334 g/mol. The molecular weight excluding hydrogens is 316 g/mol. The van der Waals surface area contributed by atoms with Crippen LogP contribution in [0, 0.1) is 11.3 Å². The number of amides is 1. The maximum Gasteiger partial charge on any atom is 0.251 e. The fourth-order valence-electron chi connectivity index (χ4n) is 3.05. The Bertz CT molecular complexity index is 625. The molecule has 1 unspecified atom stereocenters. The van der Waals surface area contributed by atoms with Gasteiger partial charge in [0, 0.05) is 39.0 Å². The van der Waals surface area contributed by atoms with Crippen molar-refractivity contribution in [1.82, 2.24) is 9.88 Å². The zero-order chi connectivity index (χ0) is 16.2. The van der Waals surface area contributed by atoms with Gasteiger partial charge in [0.05, 0.1) is 10.6 Å². The van der Waals surface area contributed by atoms with Crippen LogP contribution in [0.1, 0.15) is 24.8 Å². The zero-order valence-corrected chi connectivity index (χ0v) is 13.6. The SMILES string of the molecule is N#Cc1cnc(N2CCCN(C(=O)C3CCCO3)CC2)c(Cl)c1. The molecule has 0 radical (unpaired) electrons. The summed E-state index contributed by atoms with van der Waals surface area (Å²) < 4.78 is 5.50. The third-order valence-corrected chi connectivity index (χ3v) is 4.54. The molecule has 0 spiro atoms. The van der Waals surface area contributed by atoms with Crippen LogP contribution in [0.3, 0.4) is 0 Å². The minimum absolute atomic E-state index is 0.100. The van der Waals surface area contributed by atoms with Crippen LogP contribution in [0.15, 0.2) is 12.3 Å². The van der Waals surface area contributed by atoms with Crippen LogP contribution in [-0.4, -0.2) is 54.7 Å².